The highest BCUT2D eigenvalue weighted by Crippen LogP contribution is 2.36. The lowest BCUT2D eigenvalue weighted by molar-refractivity contribution is -0.137. The van der Waals surface area contributed by atoms with Gasteiger partial charge in [-0.15, -0.1) is 0 Å². The van der Waals surface area contributed by atoms with Crippen molar-refractivity contribution in [1.82, 2.24) is 0 Å². The minimum absolute atomic E-state index is 0.0280. The Kier molecular flexibility index (Phi) is 5.65. The third-order valence-electron chi connectivity index (χ3n) is 3.85. The molecule has 0 aliphatic heterocycles. The molecule has 0 aliphatic carbocycles. The van der Waals surface area contributed by atoms with E-state index >= 15 is 0 Å². The van der Waals surface area contributed by atoms with Gasteiger partial charge in [-0.1, -0.05) is 11.6 Å². The van der Waals surface area contributed by atoms with Crippen LogP contribution in [0, 0.1) is 0 Å². The topological polar surface area (TPSA) is 71.3 Å². The number of hydrogen-bond donors (Lipinski definition) is 2. The molecule has 2 aromatic carbocycles. The van der Waals surface area contributed by atoms with Crippen molar-refractivity contribution in [3.8, 4) is 11.3 Å². The summed E-state index contributed by atoms with van der Waals surface area (Å²) in [5.74, 6) is -0.878. The number of hydrogen-bond acceptors (Lipinski definition) is 3. The van der Waals surface area contributed by atoms with Gasteiger partial charge in [0.15, 0.2) is 5.76 Å². The molecule has 0 fully saturated rings. The molecule has 0 spiro atoms. The molecule has 1 heterocycles. The zero-order valence-corrected chi connectivity index (χ0v) is 15.7. The number of furan rings is 1. The Bertz CT molecular complexity index is 1060. The van der Waals surface area contributed by atoms with E-state index in [0.29, 0.717) is 11.4 Å². The third-order valence-corrected chi connectivity index (χ3v) is 4.18. The van der Waals surface area contributed by atoms with Crippen molar-refractivity contribution in [3.63, 3.8) is 0 Å². The van der Waals surface area contributed by atoms with E-state index in [-0.39, 0.29) is 28.0 Å². The molecule has 0 unspecified atom stereocenters. The van der Waals surface area contributed by atoms with Crippen LogP contribution in [0.25, 0.3) is 11.3 Å². The number of alkyl halides is 3. The Hall–Kier alpha value is -3.26. The van der Waals surface area contributed by atoms with Gasteiger partial charge in [-0.2, -0.15) is 13.2 Å². The predicted molar refractivity (Wildman–Crippen MR) is 103 cm³/mol. The Morgan fingerprint density at radius 1 is 0.931 bits per heavy atom. The highest BCUT2D eigenvalue weighted by atomic mass is 35.5. The summed E-state index contributed by atoms with van der Waals surface area (Å²) >= 11 is 5.99. The summed E-state index contributed by atoms with van der Waals surface area (Å²) in [6.07, 6.45) is -4.53. The van der Waals surface area contributed by atoms with Gasteiger partial charge in [0.05, 0.1) is 10.6 Å². The van der Waals surface area contributed by atoms with Crippen LogP contribution in [-0.4, -0.2) is 11.8 Å². The molecule has 0 saturated heterocycles. The van der Waals surface area contributed by atoms with Crippen molar-refractivity contribution < 1.29 is 27.2 Å². The molecule has 1 aromatic heterocycles. The number of benzene rings is 2. The van der Waals surface area contributed by atoms with E-state index in [1.54, 1.807) is 24.3 Å². The fourth-order valence-corrected chi connectivity index (χ4v) is 2.74. The van der Waals surface area contributed by atoms with Crippen LogP contribution in [0.5, 0.6) is 0 Å². The minimum atomic E-state index is -4.53. The van der Waals surface area contributed by atoms with Crippen molar-refractivity contribution in [2.24, 2.45) is 0 Å². The van der Waals surface area contributed by atoms with E-state index < -0.39 is 17.6 Å². The van der Waals surface area contributed by atoms with Gasteiger partial charge in [-0.3, -0.25) is 9.59 Å². The molecule has 2 amide bonds. The smallest absolute Gasteiger partial charge is 0.416 e. The van der Waals surface area contributed by atoms with Crippen molar-refractivity contribution in [1.29, 1.82) is 0 Å². The predicted octanol–water partition coefficient (Wildman–Crippen LogP) is 5.83. The number of rotatable bonds is 4. The number of nitrogens with one attached hydrogen (secondary N) is 2. The van der Waals surface area contributed by atoms with Crippen LogP contribution in [0.15, 0.2) is 59.0 Å². The van der Waals surface area contributed by atoms with Crippen LogP contribution in [0.3, 0.4) is 0 Å². The van der Waals surface area contributed by atoms with E-state index in [0.717, 1.165) is 18.2 Å². The molecule has 3 aromatic rings. The van der Waals surface area contributed by atoms with Gasteiger partial charge in [0.1, 0.15) is 5.76 Å². The second-order valence-electron chi connectivity index (χ2n) is 6.07. The van der Waals surface area contributed by atoms with Crippen molar-refractivity contribution in [3.05, 3.63) is 70.9 Å². The molecule has 3 rings (SSSR count). The summed E-state index contributed by atoms with van der Waals surface area (Å²) in [5, 5.41) is 5.25. The van der Waals surface area contributed by atoms with E-state index in [1.165, 1.54) is 19.1 Å². The average Bonchev–Trinajstić information content (AvgIpc) is 3.12. The maximum Gasteiger partial charge on any atom is 0.416 e. The molecule has 29 heavy (non-hydrogen) atoms. The SMILES string of the molecule is CC(=O)Nc1ccc(NC(=O)c2ccc(-c3cc(C(F)(F)F)ccc3Cl)o2)cc1. The average molecular weight is 423 g/mol. The van der Waals surface area contributed by atoms with Crippen molar-refractivity contribution in [2.75, 3.05) is 10.6 Å². The lowest BCUT2D eigenvalue weighted by Crippen LogP contribution is -2.11. The fraction of sp³-hybridized carbons (Fsp3) is 0.100. The Balaban J connectivity index is 1.78. The molecule has 150 valence electrons. The van der Waals surface area contributed by atoms with Crippen molar-refractivity contribution >= 4 is 34.8 Å². The van der Waals surface area contributed by atoms with Crippen LogP contribution in [-0.2, 0) is 11.0 Å². The number of halogens is 4. The lowest BCUT2D eigenvalue weighted by Gasteiger charge is -2.09. The highest BCUT2D eigenvalue weighted by molar-refractivity contribution is 6.33. The second-order valence-corrected chi connectivity index (χ2v) is 6.48. The zero-order chi connectivity index (χ0) is 21.2. The van der Waals surface area contributed by atoms with E-state index in [1.807, 2.05) is 0 Å². The molecule has 0 radical (unpaired) electrons. The van der Waals surface area contributed by atoms with E-state index in [9.17, 15) is 22.8 Å². The Morgan fingerprint density at radius 3 is 2.14 bits per heavy atom. The summed E-state index contributed by atoms with van der Waals surface area (Å²) in [6, 6.07) is 11.9. The van der Waals surface area contributed by atoms with Gasteiger partial charge in [0.2, 0.25) is 5.91 Å². The van der Waals surface area contributed by atoms with Crippen LogP contribution in [0.1, 0.15) is 23.0 Å². The molecule has 0 aliphatic rings. The zero-order valence-electron chi connectivity index (χ0n) is 14.9. The van der Waals surface area contributed by atoms with Gasteiger partial charge in [0.25, 0.3) is 5.91 Å². The minimum Gasteiger partial charge on any atom is -0.451 e. The fourth-order valence-electron chi connectivity index (χ4n) is 2.53. The summed E-state index contributed by atoms with van der Waals surface area (Å²) in [4.78, 5) is 23.4. The Labute approximate surface area is 168 Å². The van der Waals surface area contributed by atoms with Crippen LogP contribution < -0.4 is 10.6 Å². The molecule has 9 heteroatoms. The standard InChI is InChI=1S/C20H14ClF3N2O3/c1-11(27)25-13-3-5-14(6-4-13)26-19(28)18-9-8-17(29-18)15-10-12(20(22,23)24)2-7-16(15)21/h2-10H,1H3,(H,25,27)(H,26,28). The number of amides is 2. The molecule has 5 nitrogen and oxygen atoms in total. The van der Waals surface area contributed by atoms with Gasteiger partial charge in [0, 0.05) is 23.9 Å². The van der Waals surface area contributed by atoms with Gasteiger partial charge >= 0.3 is 6.18 Å². The number of carbonyl (C=O) groups excluding carboxylic acids is 2. The van der Waals surface area contributed by atoms with Crippen LogP contribution in [0.2, 0.25) is 5.02 Å². The molecular weight excluding hydrogens is 409 g/mol. The first-order valence-electron chi connectivity index (χ1n) is 8.29. The van der Waals surface area contributed by atoms with E-state index in [4.69, 9.17) is 16.0 Å². The highest BCUT2D eigenvalue weighted by Gasteiger charge is 2.31. The van der Waals surface area contributed by atoms with Gasteiger partial charge < -0.3 is 15.1 Å². The van der Waals surface area contributed by atoms with Crippen molar-refractivity contribution in [2.45, 2.75) is 13.1 Å². The lowest BCUT2D eigenvalue weighted by atomic mass is 10.1. The molecule has 0 bridgehead atoms. The normalized spacial score (nSPS) is 11.2. The van der Waals surface area contributed by atoms with Crippen LogP contribution >= 0.6 is 11.6 Å². The summed E-state index contributed by atoms with van der Waals surface area (Å²) in [6.45, 7) is 1.38. The molecular formula is C20H14ClF3N2O3. The van der Waals surface area contributed by atoms with Gasteiger partial charge in [-0.25, -0.2) is 0 Å². The Morgan fingerprint density at radius 2 is 1.55 bits per heavy atom. The second kappa shape index (κ2) is 8.00. The molecule has 0 atom stereocenters. The largest absolute Gasteiger partial charge is 0.451 e. The molecule has 2 N–H and O–H groups in total. The monoisotopic (exact) mass is 422 g/mol. The molecule has 0 saturated carbocycles. The summed E-state index contributed by atoms with van der Waals surface area (Å²) in [5.41, 5.74) is 0.160. The summed E-state index contributed by atoms with van der Waals surface area (Å²) in [7, 11) is 0. The van der Waals surface area contributed by atoms with E-state index in [2.05, 4.69) is 10.6 Å². The maximum absolute atomic E-state index is 12.9. The third kappa shape index (κ3) is 4.97. The van der Waals surface area contributed by atoms with Crippen LogP contribution in [0.4, 0.5) is 24.5 Å². The number of carbonyl (C=O) groups is 2. The first-order valence-corrected chi connectivity index (χ1v) is 8.67. The number of anilines is 2. The van der Waals surface area contributed by atoms with Gasteiger partial charge in [-0.05, 0) is 54.6 Å². The first-order chi connectivity index (χ1) is 13.6. The summed E-state index contributed by atoms with van der Waals surface area (Å²) < 4.78 is 44.2. The quantitative estimate of drug-likeness (QED) is 0.555. The first kappa shape index (κ1) is 20.5. The maximum atomic E-state index is 12.9.